The van der Waals surface area contributed by atoms with E-state index in [1.165, 1.54) is 12.7 Å². The predicted octanol–water partition coefficient (Wildman–Crippen LogP) is -0.955. The van der Waals surface area contributed by atoms with Gasteiger partial charge in [-0.15, -0.1) is 0 Å². The van der Waals surface area contributed by atoms with Crippen LogP contribution >= 0.6 is 8.25 Å². The van der Waals surface area contributed by atoms with E-state index < -0.39 is 39.4 Å². The van der Waals surface area contributed by atoms with Gasteiger partial charge in [-0.2, -0.15) is 0 Å². The first-order chi connectivity index (χ1) is 16.0. The number of fused-ring (bicyclic) bond motifs is 1. The number of aliphatic hydroxyl groups excluding tert-OH is 1. The second kappa shape index (κ2) is 12.6. The van der Waals surface area contributed by atoms with Crippen LogP contribution in [0.2, 0.25) is 0 Å². The van der Waals surface area contributed by atoms with Crippen LogP contribution in [0, 0.1) is 0 Å². The molecule has 4 N–H and O–H groups in total. The van der Waals surface area contributed by atoms with E-state index in [9.17, 15) is 14.6 Å². The summed E-state index contributed by atoms with van der Waals surface area (Å²) in [5.74, 6) is 0.202. The van der Waals surface area contributed by atoms with Crippen molar-refractivity contribution in [3.8, 4) is 0 Å². The molecule has 5 atom stereocenters. The van der Waals surface area contributed by atoms with Crippen LogP contribution in [-0.2, 0) is 28.0 Å². The quantitative estimate of drug-likeness (QED) is 0.276. The lowest BCUT2D eigenvalue weighted by molar-refractivity contribution is -0.0735. The summed E-state index contributed by atoms with van der Waals surface area (Å²) in [6.45, 7) is 2.82. The Morgan fingerprint density at radius 3 is 2.48 bits per heavy atom. The second-order valence-corrected chi connectivity index (χ2v) is 8.11. The zero-order valence-electron chi connectivity index (χ0n) is 18.6. The fraction of sp³-hybridized carbons (Fsp3) is 0.722. The Morgan fingerprint density at radius 1 is 1.15 bits per heavy atom. The maximum Gasteiger partial charge on any atom is 0.317 e. The molecule has 0 aliphatic carbocycles. The lowest BCUT2D eigenvalue weighted by Gasteiger charge is -2.26. The summed E-state index contributed by atoms with van der Waals surface area (Å²) in [5, 5.41) is 9.81. The molecule has 2 aromatic heterocycles. The highest BCUT2D eigenvalue weighted by atomic mass is 31.1. The lowest BCUT2D eigenvalue weighted by atomic mass is 10.1. The summed E-state index contributed by atoms with van der Waals surface area (Å²) in [6.07, 6.45) is -0.773. The van der Waals surface area contributed by atoms with Crippen molar-refractivity contribution in [2.24, 2.45) is 0 Å². The Balaban J connectivity index is 1.80. The van der Waals surface area contributed by atoms with Gasteiger partial charge < -0.3 is 39.2 Å². The summed E-state index contributed by atoms with van der Waals surface area (Å²) in [7, 11) is -0.0712. The van der Waals surface area contributed by atoms with Gasteiger partial charge in [0.15, 0.2) is 17.7 Å². The molecule has 3 rings (SSSR count). The number of anilines is 1. The molecule has 0 radical (unpaired) electrons. The number of hydrogen-bond acceptors (Lipinski definition) is 12. The van der Waals surface area contributed by atoms with E-state index in [0.717, 1.165) is 0 Å². The van der Waals surface area contributed by atoms with Crippen LogP contribution in [0.5, 0.6) is 0 Å². The summed E-state index contributed by atoms with van der Waals surface area (Å²) in [6, 6.07) is 0. The van der Waals surface area contributed by atoms with Crippen molar-refractivity contribution in [2.45, 2.75) is 24.5 Å². The smallest absolute Gasteiger partial charge is 0.317 e. The number of nitrogens with two attached hydrogens (primary N) is 1. The van der Waals surface area contributed by atoms with Gasteiger partial charge >= 0.3 is 8.25 Å². The zero-order valence-corrected chi connectivity index (χ0v) is 19.6. The second-order valence-electron chi connectivity index (χ2n) is 7.34. The number of ether oxygens (including phenoxy) is 4. The van der Waals surface area contributed by atoms with Crippen LogP contribution in [0.15, 0.2) is 12.7 Å². The van der Waals surface area contributed by atoms with Gasteiger partial charge in [-0.1, -0.05) is 0 Å². The number of nitrogen functional groups attached to an aromatic ring is 1. The van der Waals surface area contributed by atoms with E-state index >= 15 is 0 Å². The Kier molecular flexibility index (Phi) is 9.92. The molecule has 1 fully saturated rings. The predicted molar refractivity (Wildman–Crippen MR) is 117 cm³/mol. The van der Waals surface area contributed by atoms with Crippen LogP contribution in [0.1, 0.15) is 6.23 Å². The zero-order chi connectivity index (χ0) is 23.8. The van der Waals surface area contributed by atoms with E-state index in [-0.39, 0.29) is 12.4 Å². The van der Waals surface area contributed by atoms with Crippen molar-refractivity contribution in [1.82, 2.24) is 24.4 Å². The molecule has 0 spiro atoms. The van der Waals surface area contributed by atoms with Crippen LogP contribution in [-0.4, -0.2) is 113 Å². The Morgan fingerprint density at radius 2 is 1.85 bits per heavy atom. The van der Waals surface area contributed by atoms with Crippen molar-refractivity contribution in [3.05, 3.63) is 12.7 Å². The highest BCUT2D eigenvalue weighted by Crippen LogP contribution is 2.38. The van der Waals surface area contributed by atoms with E-state index in [2.05, 4.69) is 19.9 Å². The molecular formula is C18H31N6O8P. The molecule has 14 nitrogen and oxygen atoms in total. The molecule has 2 aromatic rings. The average molecular weight is 490 g/mol. The van der Waals surface area contributed by atoms with Crippen molar-refractivity contribution in [2.75, 3.05) is 66.0 Å². The molecule has 0 amide bonds. The van der Waals surface area contributed by atoms with E-state index in [1.54, 1.807) is 18.8 Å². The maximum absolute atomic E-state index is 11.5. The summed E-state index contributed by atoms with van der Waals surface area (Å²) < 4.78 is 40.7. The highest BCUT2D eigenvalue weighted by molar-refractivity contribution is 7.32. The van der Waals surface area contributed by atoms with E-state index in [1.807, 2.05) is 0 Å². The van der Waals surface area contributed by atoms with Crippen LogP contribution in [0.3, 0.4) is 0 Å². The first-order valence-corrected chi connectivity index (χ1v) is 11.7. The van der Waals surface area contributed by atoms with Crippen LogP contribution in [0.25, 0.3) is 11.2 Å². The number of methoxy groups -OCH3 is 2. The van der Waals surface area contributed by atoms with E-state index in [0.29, 0.717) is 44.0 Å². The molecule has 0 bridgehead atoms. The molecular weight excluding hydrogens is 459 g/mol. The molecule has 0 aromatic carbocycles. The fourth-order valence-corrected chi connectivity index (χ4v) is 4.18. The van der Waals surface area contributed by atoms with Crippen molar-refractivity contribution in [3.63, 3.8) is 0 Å². The van der Waals surface area contributed by atoms with Gasteiger partial charge in [-0.05, 0) is 0 Å². The molecule has 33 heavy (non-hydrogen) atoms. The Hall–Kier alpha value is -1.74. The summed E-state index contributed by atoms with van der Waals surface area (Å²) in [4.78, 5) is 23.9. The normalized spacial score (nSPS) is 24.2. The van der Waals surface area contributed by atoms with Crippen molar-refractivity contribution < 1.29 is 38.0 Å². The Labute approximate surface area is 191 Å². The number of rotatable bonds is 14. The fourth-order valence-electron chi connectivity index (χ4n) is 3.67. The lowest BCUT2D eigenvalue weighted by Crippen LogP contribution is -2.39. The first kappa shape index (κ1) is 25.9. The minimum Gasteiger partial charge on any atom is -0.394 e. The molecule has 1 aliphatic heterocycles. The largest absolute Gasteiger partial charge is 0.394 e. The molecule has 2 unspecified atom stereocenters. The molecule has 3 heterocycles. The van der Waals surface area contributed by atoms with E-state index in [4.69, 9.17) is 29.2 Å². The topological polar surface area (TPSA) is 177 Å². The third-order valence-corrected chi connectivity index (χ3v) is 5.78. The Bertz CT molecular complexity index is 896. The van der Waals surface area contributed by atoms with Gasteiger partial charge in [0, 0.05) is 33.9 Å². The number of aliphatic hydroxyl groups is 1. The first-order valence-electron chi connectivity index (χ1n) is 10.4. The van der Waals surface area contributed by atoms with Gasteiger partial charge in [0.25, 0.3) is 0 Å². The number of hydrogen-bond donors (Lipinski definition) is 3. The molecule has 186 valence electrons. The molecule has 1 aliphatic rings. The van der Waals surface area contributed by atoms with Crippen LogP contribution < -0.4 is 5.73 Å². The third kappa shape index (κ3) is 6.44. The van der Waals surface area contributed by atoms with Gasteiger partial charge in [-0.25, -0.2) is 15.0 Å². The standard InChI is InChI=1S/C18H31N6O8P/c1-28-6-3-23(4-7-29-2)5-8-30-15-14(32-33(26)27)12(9-25)31-18(15)24-11-22-13-16(19)20-10-21-17(13)24/h10-12,14-15,18,25,33H,3-9H2,1-2H3,(H,26,27)(H2,19,20,21)/t12-,14+,15?,18-/m1/s1. The maximum atomic E-state index is 11.5. The molecule has 15 heteroatoms. The number of aromatic nitrogens is 4. The summed E-state index contributed by atoms with van der Waals surface area (Å²) in [5.41, 5.74) is 6.66. The van der Waals surface area contributed by atoms with Gasteiger partial charge in [-0.3, -0.25) is 14.0 Å². The van der Waals surface area contributed by atoms with Gasteiger partial charge in [0.1, 0.15) is 30.2 Å². The minimum absolute atomic E-state index is 0.202. The van der Waals surface area contributed by atoms with Crippen LogP contribution in [0.4, 0.5) is 5.82 Å². The van der Waals surface area contributed by atoms with Gasteiger partial charge in [0.05, 0.1) is 32.8 Å². The third-order valence-electron chi connectivity index (χ3n) is 5.30. The van der Waals surface area contributed by atoms with Crippen molar-refractivity contribution in [1.29, 1.82) is 0 Å². The minimum atomic E-state index is -3.33. The number of nitrogens with zero attached hydrogens (tertiary/aromatic N) is 5. The average Bonchev–Trinajstić information content (AvgIpc) is 3.37. The molecule has 0 saturated carbocycles. The van der Waals surface area contributed by atoms with Gasteiger partial charge in [0.2, 0.25) is 0 Å². The SMILES string of the molecule is COCCN(CCOC)CCOC1[C@@H](O[PH](=O)O)[C@@H](CO)O[C@H]1n1cnc2c(N)ncnc21. The molecule has 1 saturated heterocycles. The monoisotopic (exact) mass is 490 g/mol. The van der Waals surface area contributed by atoms with Crippen molar-refractivity contribution >= 4 is 25.2 Å². The summed E-state index contributed by atoms with van der Waals surface area (Å²) >= 11 is 0. The highest BCUT2D eigenvalue weighted by Gasteiger charge is 2.48. The number of imidazole rings is 1.